The smallest absolute Gasteiger partial charge is 0.341 e. The van der Waals surface area contributed by atoms with E-state index in [9.17, 15) is 14.7 Å². The van der Waals surface area contributed by atoms with Gasteiger partial charge in [-0.2, -0.15) is 0 Å². The summed E-state index contributed by atoms with van der Waals surface area (Å²) in [5, 5.41) is 18.0. The highest BCUT2D eigenvalue weighted by Gasteiger charge is 2.34. The third kappa shape index (κ3) is 6.97. The number of anilines is 1. The van der Waals surface area contributed by atoms with Gasteiger partial charge in [-0.1, -0.05) is 20.8 Å². The number of rotatable bonds is 11. The topological polar surface area (TPSA) is 122 Å². The third-order valence-electron chi connectivity index (χ3n) is 7.00. The normalized spacial score (nSPS) is 14.8. The van der Waals surface area contributed by atoms with Crippen LogP contribution in [0, 0.1) is 11.2 Å². The molecule has 0 aliphatic carbocycles. The summed E-state index contributed by atoms with van der Waals surface area (Å²) in [5.74, 6) is -1.46. The van der Waals surface area contributed by atoms with Crippen LogP contribution >= 0.6 is 17.0 Å². The van der Waals surface area contributed by atoms with Gasteiger partial charge in [0.05, 0.1) is 44.2 Å². The number of aliphatic carboxylic acids is 1. The minimum atomic E-state index is -1.10. The maximum Gasteiger partial charge on any atom is 0.341 e. The quantitative estimate of drug-likeness (QED) is 0.329. The van der Waals surface area contributed by atoms with E-state index in [4.69, 9.17) is 24.4 Å². The number of carbonyl (C=O) groups is 2. The summed E-state index contributed by atoms with van der Waals surface area (Å²) >= 11 is 0. The third-order valence-corrected chi connectivity index (χ3v) is 7.00. The Bertz CT molecular complexity index is 1340. The first-order chi connectivity index (χ1) is 19.5. The van der Waals surface area contributed by atoms with Crippen molar-refractivity contribution in [3.63, 3.8) is 0 Å². The number of ketones is 1. The van der Waals surface area contributed by atoms with Crippen molar-refractivity contribution in [2.75, 3.05) is 57.6 Å². The molecule has 2 aliphatic rings. The van der Waals surface area contributed by atoms with Crippen molar-refractivity contribution in [1.82, 2.24) is 4.90 Å². The monoisotopic (exact) mass is 651 g/mol. The molecule has 2 aromatic carbocycles. The minimum absolute atomic E-state index is 0. The van der Waals surface area contributed by atoms with E-state index in [1.807, 2.05) is 25.7 Å². The lowest BCUT2D eigenvalue weighted by atomic mass is 9.84. The molecule has 1 fully saturated rings. The van der Waals surface area contributed by atoms with Crippen LogP contribution in [0.2, 0.25) is 0 Å². The zero-order valence-corrected chi connectivity index (χ0v) is 26.4. The maximum absolute atomic E-state index is 15.5. The molecule has 0 atom stereocenters. The molecular formula is C30H39BrFN3O7. The van der Waals surface area contributed by atoms with E-state index in [1.165, 1.54) is 4.90 Å². The van der Waals surface area contributed by atoms with Crippen LogP contribution in [0.15, 0.2) is 18.2 Å². The van der Waals surface area contributed by atoms with Crippen molar-refractivity contribution in [2.45, 2.75) is 46.6 Å². The molecule has 42 heavy (non-hydrogen) atoms. The molecule has 1 saturated heterocycles. The van der Waals surface area contributed by atoms with Gasteiger partial charge >= 0.3 is 5.97 Å². The Morgan fingerprint density at radius 3 is 2.31 bits per heavy atom. The molecule has 0 bridgehead atoms. The average Bonchev–Trinajstić information content (AvgIpc) is 3.23. The number of carboxylic acids is 1. The fourth-order valence-corrected chi connectivity index (χ4v) is 5.08. The summed E-state index contributed by atoms with van der Waals surface area (Å²) in [5.41, 5.74) is 1.89. The number of carboxylic acid groups (broad SMARTS) is 1. The van der Waals surface area contributed by atoms with Gasteiger partial charge in [0.25, 0.3) is 0 Å². The number of halogens is 2. The Morgan fingerprint density at radius 2 is 1.71 bits per heavy atom. The fraction of sp³-hybridized carbons (Fsp3) is 0.500. The number of benzene rings is 2. The van der Waals surface area contributed by atoms with Gasteiger partial charge in [0, 0.05) is 30.8 Å². The summed E-state index contributed by atoms with van der Waals surface area (Å²) in [6.45, 7) is 11.6. The Hall–Kier alpha value is -3.38. The van der Waals surface area contributed by atoms with Crippen LogP contribution in [0.25, 0.3) is 0 Å². The molecule has 12 heteroatoms. The lowest BCUT2D eigenvalue weighted by Gasteiger charge is -2.33. The summed E-state index contributed by atoms with van der Waals surface area (Å²) < 4.78 is 37.9. The van der Waals surface area contributed by atoms with Crippen molar-refractivity contribution in [3.8, 4) is 17.2 Å². The van der Waals surface area contributed by atoms with Crippen LogP contribution in [0.3, 0.4) is 0 Å². The molecular weight excluding hydrogens is 613 g/mol. The highest BCUT2D eigenvalue weighted by atomic mass is 79.9. The summed E-state index contributed by atoms with van der Waals surface area (Å²) in [6, 6.07) is 5.12. The van der Waals surface area contributed by atoms with E-state index < -0.39 is 23.8 Å². The molecule has 0 saturated carbocycles. The van der Waals surface area contributed by atoms with Crippen molar-refractivity contribution in [2.24, 2.45) is 0 Å². The number of nitrogens with zero attached hydrogens (tertiary/aromatic N) is 2. The van der Waals surface area contributed by atoms with Gasteiger partial charge in [0.2, 0.25) is 0 Å². The number of ether oxygens (including phenoxy) is 4. The molecule has 0 radical (unpaired) electrons. The van der Waals surface area contributed by atoms with Gasteiger partial charge in [-0.25, -0.2) is 9.18 Å². The van der Waals surface area contributed by atoms with Gasteiger partial charge in [0.15, 0.2) is 29.7 Å². The first-order valence-corrected chi connectivity index (χ1v) is 13.8. The van der Waals surface area contributed by atoms with Crippen LogP contribution < -0.4 is 19.1 Å². The van der Waals surface area contributed by atoms with Gasteiger partial charge in [-0.3, -0.25) is 10.2 Å². The number of hydrogen-bond acceptors (Lipinski definition) is 8. The second kappa shape index (κ2) is 13.7. The largest absolute Gasteiger partial charge is 0.490 e. The summed E-state index contributed by atoms with van der Waals surface area (Å²) in [4.78, 5) is 28.7. The highest BCUT2D eigenvalue weighted by molar-refractivity contribution is 8.93. The standard InChI is InChI=1S/C30H38FN3O7.BrH/c1-6-39-23-14-19-15-34(29(32)25(19)26(31)28(23)40-7-2)16-22(35)18-12-20(30(3,4)5)27(41-17-24(36)37)21(13-18)33-8-10-38-11-9-33;/h12-14,32H,6-11,15-17H2,1-5H3,(H,36,37);1H. The van der Waals surface area contributed by atoms with Gasteiger partial charge in [-0.05, 0) is 43.0 Å². The van der Waals surface area contributed by atoms with Crippen LogP contribution in [-0.4, -0.2) is 80.3 Å². The first kappa shape index (κ1) is 33.1. The van der Waals surface area contributed by atoms with Crippen LogP contribution in [0.1, 0.15) is 61.7 Å². The fourth-order valence-electron chi connectivity index (χ4n) is 5.08. The Labute approximate surface area is 256 Å². The Morgan fingerprint density at radius 1 is 1.05 bits per heavy atom. The summed E-state index contributed by atoms with van der Waals surface area (Å²) in [6.07, 6.45) is 0. The molecule has 0 spiro atoms. The van der Waals surface area contributed by atoms with Crippen molar-refractivity contribution >= 4 is 40.3 Å². The minimum Gasteiger partial charge on any atom is -0.490 e. The number of morpholine rings is 1. The zero-order chi connectivity index (χ0) is 29.9. The molecule has 2 N–H and O–H groups in total. The number of nitrogens with one attached hydrogen (secondary N) is 1. The van der Waals surface area contributed by atoms with Crippen molar-refractivity contribution in [3.05, 3.63) is 46.3 Å². The number of hydrogen-bond donors (Lipinski definition) is 2. The number of amidine groups is 1. The average molecular weight is 653 g/mol. The lowest BCUT2D eigenvalue weighted by molar-refractivity contribution is -0.139. The Kier molecular flexibility index (Phi) is 10.8. The summed E-state index contributed by atoms with van der Waals surface area (Å²) in [7, 11) is 0. The highest BCUT2D eigenvalue weighted by Crippen LogP contribution is 2.42. The van der Waals surface area contributed by atoms with E-state index in [2.05, 4.69) is 0 Å². The predicted octanol–water partition coefficient (Wildman–Crippen LogP) is 4.82. The number of Topliss-reactive ketones (excluding diaryl/α,β-unsaturated/α-hetero) is 1. The maximum atomic E-state index is 15.5. The van der Waals surface area contributed by atoms with Crippen LogP contribution in [0.5, 0.6) is 17.2 Å². The van der Waals surface area contributed by atoms with Crippen LogP contribution in [-0.2, 0) is 21.5 Å². The molecule has 0 unspecified atom stereocenters. The Balaban J connectivity index is 0.00000484. The van der Waals surface area contributed by atoms with E-state index in [0.29, 0.717) is 61.0 Å². The van der Waals surface area contributed by atoms with E-state index >= 15 is 4.39 Å². The molecule has 4 rings (SSSR count). The molecule has 2 aliphatic heterocycles. The van der Waals surface area contributed by atoms with Gasteiger partial charge < -0.3 is 33.9 Å². The van der Waals surface area contributed by atoms with Crippen molar-refractivity contribution < 1.29 is 38.0 Å². The molecule has 0 aromatic heterocycles. The molecule has 10 nitrogen and oxygen atoms in total. The number of fused-ring (bicyclic) bond motifs is 1. The molecule has 0 amide bonds. The van der Waals surface area contributed by atoms with Gasteiger partial charge in [0.1, 0.15) is 11.6 Å². The van der Waals surface area contributed by atoms with E-state index in [-0.39, 0.29) is 65.4 Å². The molecule has 2 aromatic rings. The number of carbonyl (C=O) groups excluding carboxylic acids is 1. The lowest BCUT2D eigenvalue weighted by Crippen LogP contribution is -2.37. The first-order valence-electron chi connectivity index (χ1n) is 13.8. The predicted molar refractivity (Wildman–Crippen MR) is 162 cm³/mol. The molecule has 2 heterocycles. The SMILES string of the molecule is Br.CCOc1cc2c(c(F)c1OCC)C(=N)N(CC(=O)c1cc(N3CCOCC3)c(OCC(=O)O)c(C(C)(C)C)c1)C2. The van der Waals surface area contributed by atoms with Crippen LogP contribution in [0.4, 0.5) is 10.1 Å². The van der Waals surface area contributed by atoms with E-state index in [1.54, 1.807) is 32.0 Å². The zero-order valence-electron chi connectivity index (χ0n) is 24.7. The van der Waals surface area contributed by atoms with Gasteiger partial charge in [-0.15, -0.1) is 17.0 Å². The second-order valence-corrected chi connectivity index (χ2v) is 10.9. The van der Waals surface area contributed by atoms with E-state index in [0.717, 1.165) is 0 Å². The second-order valence-electron chi connectivity index (χ2n) is 10.9. The molecule has 230 valence electrons. The van der Waals surface area contributed by atoms with Crippen molar-refractivity contribution in [1.29, 1.82) is 5.41 Å².